The zero-order valence-corrected chi connectivity index (χ0v) is 12.1. The minimum atomic E-state index is -4.58. The maximum absolute atomic E-state index is 12.8. The summed E-state index contributed by atoms with van der Waals surface area (Å²) in [6.07, 6.45) is -2.61. The van der Waals surface area contributed by atoms with Crippen LogP contribution in [0.1, 0.15) is 39.4 Å². The van der Waals surface area contributed by atoms with Gasteiger partial charge in [0.15, 0.2) is 5.65 Å². The first-order valence-electron chi connectivity index (χ1n) is 6.83. The van der Waals surface area contributed by atoms with E-state index in [0.29, 0.717) is 11.7 Å². The lowest BCUT2D eigenvalue weighted by Gasteiger charge is -2.15. The fourth-order valence-corrected chi connectivity index (χ4v) is 1.95. The van der Waals surface area contributed by atoms with Crippen LogP contribution in [0.5, 0.6) is 0 Å². The van der Waals surface area contributed by atoms with E-state index >= 15 is 0 Å². The number of nitrogens with zero attached hydrogens (tertiary/aromatic N) is 4. The highest BCUT2D eigenvalue weighted by Gasteiger charge is 2.37. The molecule has 0 saturated heterocycles. The smallest absolute Gasteiger partial charge is 0.366 e. The molecule has 0 amide bonds. The van der Waals surface area contributed by atoms with Crippen molar-refractivity contribution in [1.82, 2.24) is 19.8 Å². The van der Waals surface area contributed by atoms with Crippen molar-refractivity contribution in [3.8, 4) is 0 Å². The van der Waals surface area contributed by atoms with Gasteiger partial charge in [-0.05, 0) is 37.8 Å². The van der Waals surface area contributed by atoms with Crippen LogP contribution in [-0.4, -0.2) is 25.9 Å². The van der Waals surface area contributed by atoms with Gasteiger partial charge >= 0.3 is 6.18 Å². The third kappa shape index (κ3) is 3.83. The predicted octanol–water partition coefficient (Wildman–Crippen LogP) is 3.38. The number of hydrogen-bond acceptors (Lipinski definition) is 4. The monoisotopic (exact) mass is 301 g/mol. The molecule has 0 aromatic carbocycles. The Morgan fingerprint density at radius 3 is 2.48 bits per heavy atom. The summed E-state index contributed by atoms with van der Waals surface area (Å²) in [5, 5.41) is 13.6. The van der Waals surface area contributed by atoms with Crippen LogP contribution in [0.3, 0.4) is 0 Å². The molecule has 1 unspecified atom stereocenters. The van der Waals surface area contributed by atoms with Crippen molar-refractivity contribution < 1.29 is 13.2 Å². The molecular formula is C13H18F3N5. The van der Waals surface area contributed by atoms with Crippen molar-refractivity contribution in [2.75, 3.05) is 5.32 Å². The zero-order chi connectivity index (χ0) is 15.6. The third-order valence-electron chi connectivity index (χ3n) is 3.09. The number of halogens is 3. The predicted molar refractivity (Wildman–Crippen MR) is 72.9 cm³/mol. The van der Waals surface area contributed by atoms with Gasteiger partial charge in [0, 0.05) is 6.04 Å². The van der Waals surface area contributed by atoms with Crippen LogP contribution in [0.4, 0.5) is 19.0 Å². The minimum absolute atomic E-state index is 0.0720. The van der Waals surface area contributed by atoms with E-state index in [2.05, 4.69) is 34.5 Å². The highest BCUT2D eigenvalue weighted by molar-refractivity contribution is 5.44. The number of aromatic nitrogens is 4. The number of nitrogens with one attached hydrogen (secondary N) is 1. The molecule has 0 radical (unpaired) electrons. The Bertz CT molecular complexity index is 605. The lowest BCUT2D eigenvalue weighted by Crippen LogP contribution is -2.18. The molecule has 0 aliphatic carbocycles. The highest BCUT2D eigenvalue weighted by atomic mass is 19.4. The summed E-state index contributed by atoms with van der Waals surface area (Å²) >= 11 is 0. The van der Waals surface area contributed by atoms with Crippen molar-refractivity contribution in [1.29, 1.82) is 0 Å². The summed E-state index contributed by atoms with van der Waals surface area (Å²) in [5.74, 6) is -0.153. The first-order valence-corrected chi connectivity index (χ1v) is 6.83. The molecule has 2 rings (SSSR count). The zero-order valence-electron chi connectivity index (χ0n) is 12.1. The molecule has 21 heavy (non-hydrogen) atoms. The fraction of sp³-hybridized carbons (Fsp3) is 0.615. The van der Waals surface area contributed by atoms with Gasteiger partial charge in [-0.2, -0.15) is 17.7 Å². The summed E-state index contributed by atoms with van der Waals surface area (Å²) in [4.78, 5) is 0. The van der Waals surface area contributed by atoms with E-state index < -0.39 is 12.0 Å². The first-order chi connectivity index (χ1) is 9.77. The van der Waals surface area contributed by atoms with Gasteiger partial charge in [0.05, 0.1) is 0 Å². The second-order valence-electron chi connectivity index (χ2n) is 5.53. The quantitative estimate of drug-likeness (QED) is 0.920. The standard InChI is InChI=1S/C13H18F3N5/c1-8(2)4-5-9(3)17-10-6-7-11-18-19-12(13(14,15)16)21(11)20-10/h6-9H,4-5H2,1-3H3,(H,17,20). The number of fused-ring (bicyclic) bond motifs is 1. The van der Waals surface area contributed by atoms with E-state index in [1.54, 1.807) is 6.07 Å². The summed E-state index contributed by atoms with van der Waals surface area (Å²) < 4.78 is 39.0. The maximum Gasteiger partial charge on any atom is 0.453 e. The van der Waals surface area contributed by atoms with Crippen molar-refractivity contribution in [3.63, 3.8) is 0 Å². The summed E-state index contributed by atoms with van der Waals surface area (Å²) in [7, 11) is 0. The van der Waals surface area contributed by atoms with Crippen LogP contribution in [0.15, 0.2) is 12.1 Å². The average Bonchev–Trinajstić information content (AvgIpc) is 2.79. The molecule has 2 aromatic heterocycles. The Balaban J connectivity index is 2.18. The molecule has 2 aromatic rings. The third-order valence-corrected chi connectivity index (χ3v) is 3.09. The van der Waals surface area contributed by atoms with Crippen LogP contribution in [0.2, 0.25) is 0 Å². The first kappa shape index (κ1) is 15.5. The Hall–Kier alpha value is -1.86. The molecule has 116 valence electrons. The minimum Gasteiger partial charge on any atom is -0.366 e. The number of rotatable bonds is 5. The second kappa shape index (κ2) is 5.87. The number of alkyl halides is 3. The molecule has 8 heteroatoms. The van der Waals surface area contributed by atoms with Gasteiger partial charge in [-0.25, -0.2) is 0 Å². The largest absolute Gasteiger partial charge is 0.453 e. The molecule has 2 heterocycles. The van der Waals surface area contributed by atoms with Gasteiger partial charge in [-0.15, -0.1) is 15.3 Å². The van der Waals surface area contributed by atoms with Gasteiger partial charge in [-0.3, -0.25) is 0 Å². The molecule has 0 bridgehead atoms. The van der Waals surface area contributed by atoms with Crippen molar-refractivity contribution in [3.05, 3.63) is 18.0 Å². The maximum atomic E-state index is 12.8. The highest BCUT2D eigenvalue weighted by Crippen LogP contribution is 2.27. The average molecular weight is 301 g/mol. The Morgan fingerprint density at radius 1 is 1.14 bits per heavy atom. The Labute approximate surface area is 120 Å². The van der Waals surface area contributed by atoms with Crippen LogP contribution in [0.25, 0.3) is 5.65 Å². The molecule has 0 aliphatic heterocycles. The van der Waals surface area contributed by atoms with Crippen LogP contribution >= 0.6 is 0 Å². The van der Waals surface area contributed by atoms with Crippen LogP contribution < -0.4 is 5.32 Å². The van der Waals surface area contributed by atoms with E-state index in [0.717, 1.165) is 17.4 Å². The van der Waals surface area contributed by atoms with E-state index in [1.165, 1.54) is 6.07 Å². The molecular weight excluding hydrogens is 283 g/mol. The SMILES string of the molecule is CC(C)CCC(C)Nc1ccc2nnc(C(F)(F)F)n2n1. The van der Waals surface area contributed by atoms with Crippen LogP contribution in [-0.2, 0) is 6.18 Å². The Morgan fingerprint density at radius 2 is 1.86 bits per heavy atom. The van der Waals surface area contributed by atoms with E-state index in [-0.39, 0.29) is 11.7 Å². The number of anilines is 1. The summed E-state index contributed by atoms with van der Waals surface area (Å²) in [6.45, 7) is 6.23. The van der Waals surface area contributed by atoms with Crippen molar-refractivity contribution >= 4 is 11.5 Å². The molecule has 0 spiro atoms. The molecule has 0 aliphatic rings. The molecule has 0 saturated carbocycles. The summed E-state index contributed by atoms with van der Waals surface area (Å²) in [5.41, 5.74) is 0.0720. The summed E-state index contributed by atoms with van der Waals surface area (Å²) in [6, 6.07) is 3.20. The van der Waals surface area contributed by atoms with Crippen LogP contribution in [0, 0.1) is 5.92 Å². The van der Waals surface area contributed by atoms with Gasteiger partial charge in [0.25, 0.3) is 5.82 Å². The van der Waals surface area contributed by atoms with Gasteiger partial charge in [0.2, 0.25) is 0 Å². The van der Waals surface area contributed by atoms with Gasteiger partial charge in [0.1, 0.15) is 5.82 Å². The van der Waals surface area contributed by atoms with Gasteiger partial charge in [-0.1, -0.05) is 13.8 Å². The normalized spacial score (nSPS) is 13.9. The number of hydrogen-bond donors (Lipinski definition) is 1. The van der Waals surface area contributed by atoms with Crippen molar-refractivity contribution in [2.24, 2.45) is 5.92 Å². The van der Waals surface area contributed by atoms with Crippen molar-refractivity contribution in [2.45, 2.75) is 45.8 Å². The lowest BCUT2D eigenvalue weighted by molar-refractivity contribution is -0.146. The topological polar surface area (TPSA) is 55.1 Å². The molecule has 5 nitrogen and oxygen atoms in total. The van der Waals surface area contributed by atoms with E-state index in [9.17, 15) is 13.2 Å². The molecule has 1 atom stereocenters. The fourth-order valence-electron chi connectivity index (χ4n) is 1.95. The van der Waals surface area contributed by atoms with E-state index in [1.807, 2.05) is 6.92 Å². The second-order valence-corrected chi connectivity index (χ2v) is 5.53. The lowest BCUT2D eigenvalue weighted by atomic mass is 10.0. The molecule has 1 N–H and O–H groups in total. The van der Waals surface area contributed by atoms with Gasteiger partial charge < -0.3 is 5.32 Å². The molecule has 0 fully saturated rings. The Kier molecular flexibility index (Phi) is 4.34. The van der Waals surface area contributed by atoms with E-state index in [4.69, 9.17) is 0 Å².